The highest BCUT2D eigenvalue weighted by Gasteiger charge is 2.47. The molecule has 4 rings (SSSR count). The number of amides is 1. The topological polar surface area (TPSA) is 66.8 Å². The van der Waals surface area contributed by atoms with Gasteiger partial charge < -0.3 is 9.84 Å². The molecule has 1 atom stereocenters. The van der Waals surface area contributed by atoms with E-state index in [-0.39, 0.29) is 17.3 Å². The highest BCUT2D eigenvalue weighted by molar-refractivity contribution is 7.10. The monoisotopic (exact) mass is 461 g/mol. The zero-order valence-electron chi connectivity index (χ0n) is 19.2. The summed E-state index contributed by atoms with van der Waals surface area (Å²) < 4.78 is 5.74. The molecule has 0 radical (unpaired) electrons. The minimum atomic E-state index is -0.693. The molecule has 1 N–H and O–H groups in total. The predicted octanol–water partition coefficient (Wildman–Crippen LogP) is 6.20. The Morgan fingerprint density at radius 3 is 2.45 bits per heavy atom. The van der Waals surface area contributed by atoms with Crippen LogP contribution in [0.5, 0.6) is 5.75 Å². The molecule has 1 aromatic heterocycles. The molecule has 6 heteroatoms. The first-order valence-electron chi connectivity index (χ1n) is 11.0. The molecule has 1 aliphatic rings. The van der Waals surface area contributed by atoms with Crippen LogP contribution in [0.1, 0.15) is 54.3 Å². The molecular formula is C27H27NO4S. The number of aryl methyl sites for hydroxylation is 1. The van der Waals surface area contributed by atoms with Gasteiger partial charge in [0.25, 0.3) is 11.7 Å². The minimum Gasteiger partial charge on any atom is -0.507 e. The van der Waals surface area contributed by atoms with Crippen molar-refractivity contribution in [1.29, 1.82) is 0 Å². The van der Waals surface area contributed by atoms with Crippen molar-refractivity contribution in [2.24, 2.45) is 0 Å². The smallest absolute Gasteiger partial charge is 0.300 e. The van der Waals surface area contributed by atoms with Crippen molar-refractivity contribution < 1.29 is 19.4 Å². The number of Topliss-reactive ketones (excluding diaryl/α,β-unsaturated/α-hetero) is 1. The number of ether oxygens (including phenoxy) is 1. The van der Waals surface area contributed by atoms with Gasteiger partial charge in [-0.05, 0) is 67.1 Å². The second-order valence-corrected chi connectivity index (χ2v) is 9.34. The molecule has 33 heavy (non-hydrogen) atoms. The summed E-state index contributed by atoms with van der Waals surface area (Å²) >= 11 is 1.45. The standard InChI is InChI=1S/C27H27NO4S/c1-5-32-21-13-10-18(15-20(21)16(2)3)25(29)23-24(22-7-6-14-33-22)28(27(31)26(23)30)19-11-8-17(4)9-12-19/h6-16,24,29H,5H2,1-4H3/b25-23-. The largest absolute Gasteiger partial charge is 0.507 e. The van der Waals surface area contributed by atoms with Crippen LogP contribution in [0.25, 0.3) is 5.76 Å². The lowest BCUT2D eigenvalue weighted by atomic mass is 9.95. The highest BCUT2D eigenvalue weighted by atomic mass is 32.1. The summed E-state index contributed by atoms with van der Waals surface area (Å²) in [5, 5.41) is 13.3. The third-order valence-corrected chi connectivity index (χ3v) is 6.70. The number of benzene rings is 2. The Morgan fingerprint density at radius 1 is 1.12 bits per heavy atom. The molecule has 2 heterocycles. The highest BCUT2D eigenvalue weighted by Crippen LogP contribution is 2.44. The van der Waals surface area contributed by atoms with Crippen LogP contribution in [0.4, 0.5) is 5.69 Å². The first kappa shape index (κ1) is 22.8. The summed E-state index contributed by atoms with van der Waals surface area (Å²) in [6, 6.07) is 15.9. The van der Waals surface area contributed by atoms with Gasteiger partial charge in [-0.1, -0.05) is 37.6 Å². The van der Waals surface area contributed by atoms with Crippen LogP contribution in [-0.4, -0.2) is 23.4 Å². The van der Waals surface area contributed by atoms with Crippen LogP contribution in [0.15, 0.2) is 65.6 Å². The van der Waals surface area contributed by atoms with Gasteiger partial charge in [-0.3, -0.25) is 14.5 Å². The van der Waals surface area contributed by atoms with Crippen LogP contribution in [-0.2, 0) is 9.59 Å². The van der Waals surface area contributed by atoms with Crippen molar-refractivity contribution in [2.45, 2.75) is 39.7 Å². The Hall–Kier alpha value is -3.38. The van der Waals surface area contributed by atoms with E-state index in [9.17, 15) is 14.7 Å². The SMILES string of the molecule is CCOc1ccc(/C(O)=C2/C(=O)C(=O)N(c3ccc(C)cc3)C2c2cccs2)cc1C(C)C. The van der Waals surface area contributed by atoms with E-state index in [1.807, 2.05) is 81.6 Å². The summed E-state index contributed by atoms with van der Waals surface area (Å²) in [4.78, 5) is 28.7. The molecule has 1 unspecified atom stereocenters. The summed E-state index contributed by atoms with van der Waals surface area (Å²) in [7, 11) is 0. The Morgan fingerprint density at radius 2 is 1.85 bits per heavy atom. The quantitative estimate of drug-likeness (QED) is 0.269. The Balaban J connectivity index is 1.89. The number of aliphatic hydroxyl groups excluding tert-OH is 1. The van der Waals surface area contributed by atoms with Gasteiger partial charge in [-0.15, -0.1) is 11.3 Å². The van der Waals surface area contributed by atoms with Crippen LogP contribution >= 0.6 is 11.3 Å². The summed E-state index contributed by atoms with van der Waals surface area (Å²) in [5.41, 5.74) is 3.20. The number of aliphatic hydroxyl groups is 1. The van der Waals surface area contributed by atoms with Crippen LogP contribution in [0.2, 0.25) is 0 Å². The van der Waals surface area contributed by atoms with Gasteiger partial charge >= 0.3 is 0 Å². The number of carbonyl (C=O) groups is 2. The van der Waals surface area contributed by atoms with Crippen molar-refractivity contribution in [2.75, 3.05) is 11.5 Å². The second-order valence-electron chi connectivity index (χ2n) is 8.36. The van der Waals surface area contributed by atoms with E-state index in [2.05, 4.69) is 0 Å². The molecule has 0 saturated carbocycles. The van der Waals surface area contributed by atoms with Crippen molar-refractivity contribution in [3.8, 4) is 5.75 Å². The fraction of sp³-hybridized carbons (Fsp3) is 0.259. The van der Waals surface area contributed by atoms with Gasteiger partial charge in [0.1, 0.15) is 17.6 Å². The van der Waals surface area contributed by atoms with E-state index in [0.717, 1.165) is 21.8 Å². The fourth-order valence-electron chi connectivity index (χ4n) is 4.11. The van der Waals surface area contributed by atoms with Gasteiger partial charge in [-0.2, -0.15) is 0 Å². The number of hydrogen-bond acceptors (Lipinski definition) is 5. The van der Waals surface area contributed by atoms with Crippen molar-refractivity contribution >= 4 is 34.5 Å². The number of carbonyl (C=O) groups excluding carboxylic acids is 2. The first-order chi connectivity index (χ1) is 15.8. The first-order valence-corrected chi connectivity index (χ1v) is 11.9. The lowest BCUT2D eigenvalue weighted by molar-refractivity contribution is -0.132. The molecule has 1 aliphatic heterocycles. The predicted molar refractivity (Wildman–Crippen MR) is 132 cm³/mol. The zero-order chi connectivity index (χ0) is 23.7. The third-order valence-electron chi connectivity index (χ3n) is 5.77. The second kappa shape index (κ2) is 9.24. The lowest BCUT2D eigenvalue weighted by Crippen LogP contribution is -2.29. The molecule has 170 valence electrons. The molecule has 0 spiro atoms. The molecule has 1 amide bonds. The Labute approximate surface area is 197 Å². The molecule has 1 fully saturated rings. The van der Waals surface area contributed by atoms with Crippen LogP contribution in [0, 0.1) is 6.92 Å². The number of hydrogen-bond donors (Lipinski definition) is 1. The van der Waals surface area contributed by atoms with E-state index in [1.165, 1.54) is 16.2 Å². The lowest BCUT2D eigenvalue weighted by Gasteiger charge is -2.24. The maximum absolute atomic E-state index is 13.2. The number of ketones is 1. The van der Waals surface area contributed by atoms with Crippen LogP contribution in [0.3, 0.4) is 0 Å². The van der Waals surface area contributed by atoms with Crippen molar-refractivity contribution in [1.82, 2.24) is 0 Å². The number of anilines is 1. The van der Waals surface area contributed by atoms with E-state index in [1.54, 1.807) is 6.07 Å². The molecule has 0 bridgehead atoms. The van der Waals surface area contributed by atoms with Gasteiger partial charge in [0.2, 0.25) is 0 Å². The molecule has 5 nitrogen and oxygen atoms in total. The molecule has 3 aromatic rings. The van der Waals surface area contributed by atoms with E-state index in [0.29, 0.717) is 17.9 Å². The summed E-state index contributed by atoms with van der Waals surface area (Å²) in [6.07, 6.45) is 0. The van der Waals surface area contributed by atoms with E-state index < -0.39 is 17.7 Å². The minimum absolute atomic E-state index is 0.0990. The number of nitrogens with zero attached hydrogens (tertiary/aromatic N) is 1. The average Bonchev–Trinajstić information content (AvgIpc) is 3.41. The summed E-state index contributed by atoms with van der Waals surface area (Å²) in [6.45, 7) is 8.51. The zero-order valence-corrected chi connectivity index (χ0v) is 20.0. The van der Waals surface area contributed by atoms with Crippen molar-refractivity contribution in [3.05, 3.63) is 87.1 Å². The molecule has 1 saturated heterocycles. The van der Waals surface area contributed by atoms with Crippen LogP contribution < -0.4 is 9.64 Å². The fourth-order valence-corrected chi connectivity index (χ4v) is 4.93. The summed E-state index contributed by atoms with van der Waals surface area (Å²) in [5.74, 6) is -0.604. The molecule has 2 aromatic carbocycles. The van der Waals surface area contributed by atoms with E-state index in [4.69, 9.17) is 4.74 Å². The number of thiophene rings is 1. The van der Waals surface area contributed by atoms with Crippen molar-refractivity contribution in [3.63, 3.8) is 0 Å². The van der Waals surface area contributed by atoms with E-state index >= 15 is 0 Å². The van der Waals surface area contributed by atoms with Gasteiger partial charge in [0.15, 0.2) is 0 Å². The average molecular weight is 462 g/mol. The molecular weight excluding hydrogens is 434 g/mol. The Bertz CT molecular complexity index is 1210. The third kappa shape index (κ3) is 4.18. The maximum Gasteiger partial charge on any atom is 0.300 e. The Kier molecular flexibility index (Phi) is 6.38. The van der Waals surface area contributed by atoms with Gasteiger partial charge in [-0.25, -0.2) is 0 Å². The maximum atomic E-state index is 13.2. The van der Waals surface area contributed by atoms with Gasteiger partial charge in [0.05, 0.1) is 12.2 Å². The number of rotatable bonds is 6. The molecule has 0 aliphatic carbocycles. The van der Waals surface area contributed by atoms with Gasteiger partial charge in [0, 0.05) is 16.1 Å². The normalized spacial score (nSPS) is 17.7.